The Morgan fingerprint density at radius 1 is 0.423 bits per heavy atom. The number of unbranched alkanes of at least 4 members (excludes halogenated alkanes) is 25. The molecule has 0 bridgehead atoms. The van der Waals surface area contributed by atoms with Crippen molar-refractivity contribution in [2.45, 2.75) is 283 Å². The fraction of sp³-hybridized carbons (Fsp3) is 0.957. The van der Waals surface area contributed by atoms with Crippen LogP contribution in [0.2, 0.25) is 0 Å². The molecule has 1 rings (SSSR count). The summed E-state index contributed by atoms with van der Waals surface area (Å²) in [4.78, 5) is 33.8. The van der Waals surface area contributed by atoms with Crippen LogP contribution in [0.1, 0.15) is 266 Å². The first-order chi connectivity index (χ1) is 25.1. The average Bonchev–Trinajstić information content (AvgIpc) is 3.33. The third-order valence-corrected chi connectivity index (χ3v) is 12.3. The van der Waals surface area contributed by atoms with Crippen LogP contribution in [0, 0.1) is 0 Å². The Labute approximate surface area is 325 Å². The van der Waals surface area contributed by atoms with E-state index in [1.807, 2.05) is 4.90 Å². The van der Waals surface area contributed by atoms with E-state index in [1.165, 1.54) is 128 Å². The Morgan fingerprint density at radius 3 is 1.02 bits per heavy atom. The maximum absolute atomic E-state index is 15.2. The lowest BCUT2D eigenvalue weighted by Gasteiger charge is -2.46. The first-order valence-electron chi connectivity index (χ1n) is 23.4. The summed E-state index contributed by atoms with van der Waals surface area (Å²) in [5.74, 6) is -0.0776. The summed E-state index contributed by atoms with van der Waals surface area (Å²) in [6, 6.07) is -0.197. The van der Waals surface area contributed by atoms with Gasteiger partial charge in [-0.1, -0.05) is 202 Å². The zero-order valence-corrected chi connectivity index (χ0v) is 36.1. The van der Waals surface area contributed by atoms with Gasteiger partial charge in [-0.3, -0.25) is 9.69 Å². The third kappa shape index (κ3) is 17.5. The molecule has 0 aromatic heterocycles. The molecule has 1 aliphatic heterocycles. The van der Waals surface area contributed by atoms with Gasteiger partial charge in [0.15, 0.2) is 0 Å². The number of nitrogens with two attached hydrogens (primary N) is 2. The molecule has 1 aliphatic rings. The molecule has 1 heterocycles. The smallest absolute Gasteiger partial charge is 0.309 e. The fourth-order valence-corrected chi connectivity index (χ4v) is 8.82. The summed E-state index contributed by atoms with van der Waals surface area (Å²) in [5.41, 5.74) is 12.3. The number of urea groups is 1. The van der Waals surface area contributed by atoms with E-state index in [4.69, 9.17) is 11.5 Å². The van der Waals surface area contributed by atoms with Crippen molar-refractivity contribution in [2.24, 2.45) is 11.5 Å². The fourth-order valence-electron chi connectivity index (χ4n) is 8.82. The van der Waals surface area contributed by atoms with Gasteiger partial charge in [0, 0.05) is 0 Å². The minimum absolute atomic E-state index is 0.0776. The number of carbonyl (C=O) groups is 2. The lowest BCUT2D eigenvalue weighted by atomic mass is 9.85. The molecule has 6 heteroatoms. The molecule has 6 nitrogen and oxygen atoms in total. The zero-order valence-electron chi connectivity index (χ0n) is 36.1. The first-order valence-corrected chi connectivity index (χ1v) is 23.4. The SMILES string of the molecule is CCCCCCCCC(N)(CCCCCCCC)N1C(=O)N(C(N)(CCCCCCCC)CCCCCCCC)C(C)(CCCCCCCC)C1=O. The summed E-state index contributed by atoms with van der Waals surface area (Å²) in [6.07, 6.45) is 38.5. The maximum Gasteiger partial charge on any atom is 0.330 e. The van der Waals surface area contributed by atoms with Crippen molar-refractivity contribution in [1.82, 2.24) is 9.80 Å². The predicted octanol–water partition coefficient (Wildman–Crippen LogP) is 14.1. The average molecular weight is 733 g/mol. The van der Waals surface area contributed by atoms with Crippen LogP contribution in [-0.2, 0) is 4.79 Å². The van der Waals surface area contributed by atoms with Gasteiger partial charge >= 0.3 is 6.03 Å². The number of amides is 3. The highest BCUT2D eigenvalue weighted by atomic mass is 16.2. The molecule has 0 radical (unpaired) electrons. The van der Waals surface area contributed by atoms with E-state index in [-0.39, 0.29) is 11.9 Å². The number of hydrogen-bond acceptors (Lipinski definition) is 4. The van der Waals surface area contributed by atoms with Crippen LogP contribution < -0.4 is 11.5 Å². The van der Waals surface area contributed by atoms with Crippen LogP contribution in [0.4, 0.5) is 4.79 Å². The number of nitrogens with zero attached hydrogens (tertiary/aromatic N) is 2. The number of hydrogen-bond donors (Lipinski definition) is 2. The minimum Gasteiger partial charge on any atom is -0.309 e. The summed E-state index contributed by atoms with van der Waals surface area (Å²) >= 11 is 0. The number of rotatable bonds is 37. The van der Waals surface area contributed by atoms with E-state index in [0.29, 0.717) is 19.3 Å². The van der Waals surface area contributed by atoms with Crippen LogP contribution in [-0.4, -0.2) is 38.6 Å². The minimum atomic E-state index is -0.970. The van der Waals surface area contributed by atoms with Crippen molar-refractivity contribution in [3.05, 3.63) is 0 Å². The van der Waals surface area contributed by atoms with Crippen molar-refractivity contribution in [2.75, 3.05) is 0 Å². The molecular weight excluding hydrogens is 641 g/mol. The molecule has 52 heavy (non-hydrogen) atoms. The van der Waals surface area contributed by atoms with E-state index in [2.05, 4.69) is 41.5 Å². The Kier molecular flexibility index (Phi) is 27.4. The highest BCUT2D eigenvalue weighted by Crippen LogP contribution is 2.44. The number of imide groups is 1. The van der Waals surface area contributed by atoms with Crippen LogP contribution >= 0.6 is 0 Å². The van der Waals surface area contributed by atoms with Crippen molar-refractivity contribution in [3.8, 4) is 0 Å². The van der Waals surface area contributed by atoms with Crippen molar-refractivity contribution >= 4 is 11.9 Å². The Balaban J connectivity index is 3.48. The van der Waals surface area contributed by atoms with Gasteiger partial charge in [0.2, 0.25) is 0 Å². The molecule has 0 aliphatic carbocycles. The third-order valence-electron chi connectivity index (χ3n) is 12.3. The lowest BCUT2D eigenvalue weighted by molar-refractivity contribution is -0.139. The zero-order chi connectivity index (χ0) is 38.6. The molecule has 4 N–H and O–H groups in total. The van der Waals surface area contributed by atoms with Crippen molar-refractivity contribution in [3.63, 3.8) is 0 Å². The second kappa shape index (κ2) is 29.2. The first kappa shape index (κ1) is 48.9. The normalized spacial score (nSPS) is 16.9. The highest BCUT2D eigenvalue weighted by Gasteiger charge is 2.62. The molecule has 1 fully saturated rings. The molecule has 1 unspecified atom stereocenters. The molecule has 1 saturated heterocycles. The van der Waals surface area contributed by atoms with Gasteiger partial charge < -0.3 is 11.5 Å². The van der Waals surface area contributed by atoms with Gasteiger partial charge in [0.05, 0.1) is 5.66 Å². The molecule has 308 valence electrons. The van der Waals surface area contributed by atoms with Gasteiger partial charge in [-0.25, -0.2) is 9.69 Å². The van der Waals surface area contributed by atoms with E-state index in [9.17, 15) is 0 Å². The Bertz CT molecular complexity index is 862. The summed E-state index contributed by atoms with van der Waals surface area (Å²) < 4.78 is 0. The second-order valence-electron chi connectivity index (χ2n) is 17.3. The van der Waals surface area contributed by atoms with Gasteiger partial charge in [-0.05, 0) is 64.7 Å². The summed E-state index contributed by atoms with van der Waals surface area (Å²) in [6.45, 7) is 13.3. The molecule has 0 aromatic rings. The van der Waals surface area contributed by atoms with Crippen molar-refractivity contribution in [1.29, 1.82) is 0 Å². The molecule has 1 atom stereocenters. The molecule has 0 spiro atoms. The Hall–Kier alpha value is -1.14. The predicted molar refractivity (Wildman–Crippen MR) is 226 cm³/mol. The maximum atomic E-state index is 15.2. The summed E-state index contributed by atoms with van der Waals surface area (Å²) in [7, 11) is 0. The van der Waals surface area contributed by atoms with Gasteiger partial charge in [-0.2, -0.15) is 0 Å². The standard InChI is InChI=1S/C46H92N4O2/c1-7-12-17-22-27-32-37-44(6)42(51)49(45(47,38-33-28-23-18-13-8-2)39-34-29-24-19-14-9-3)43(52)50(44)46(48,40-35-30-25-20-15-10-4)41-36-31-26-21-16-11-5/h7-41,47-48H2,1-6H3. The Morgan fingerprint density at radius 2 is 0.692 bits per heavy atom. The highest BCUT2D eigenvalue weighted by molar-refractivity contribution is 6.07. The largest absolute Gasteiger partial charge is 0.330 e. The van der Waals surface area contributed by atoms with Gasteiger partial charge in [0.25, 0.3) is 5.91 Å². The van der Waals surface area contributed by atoms with E-state index < -0.39 is 16.9 Å². The summed E-state index contributed by atoms with van der Waals surface area (Å²) in [5, 5.41) is 0. The van der Waals surface area contributed by atoms with Crippen LogP contribution in [0.3, 0.4) is 0 Å². The van der Waals surface area contributed by atoms with Crippen LogP contribution in [0.25, 0.3) is 0 Å². The van der Waals surface area contributed by atoms with Crippen LogP contribution in [0.15, 0.2) is 0 Å². The molecule has 0 saturated carbocycles. The topological polar surface area (TPSA) is 92.7 Å². The molecule has 0 aromatic carbocycles. The molecule has 3 amide bonds. The van der Waals surface area contributed by atoms with Gasteiger partial charge in [-0.15, -0.1) is 0 Å². The lowest BCUT2D eigenvalue weighted by Crippen LogP contribution is -2.64. The van der Waals surface area contributed by atoms with E-state index in [1.54, 1.807) is 4.90 Å². The van der Waals surface area contributed by atoms with E-state index in [0.717, 1.165) is 77.0 Å². The monoisotopic (exact) mass is 733 g/mol. The quantitative estimate of drug-likeness (QED) is 0.0491. The number of carbonyl (C=O) groups excluding carboxylic acids is 2. The molecular formula is C46H92N4O2. The van der Waals surface area contributed by atoms with Crippen molar-refractivity contribution < 1.29 is 9.59 Å². The van der Waals surface area contributed by atoms with E-state index >= 15 is 9.59 Å². The van der Waals surface area contributed by atoms with Gasteiger partial charge in [0.1, 0.15) is 11.2 Å². The second-order valence-corrected chi connectivity index (χ2v) is 17.3. The van der Waals surface area contributed by atoms with Crippen LogP contribution in [0.5, 0.6) is 0 Å².